The van der Waals surface area contributed by atoms with Gasteiger partial charge in [-0.15, -0.1) is 0 Å². The zero-order valence-corrected chi connectivity index (χ0v) is 11.7. The Kier molecular flexibility index (Phi) is 4.07. The van der Waals surface area contributed by atoms with Crippen molar-refractivity contribution in [2.75, 3.05) is 18.1 Å². The minimum atomic E-state index is 0.101. The molecule has 0 saturated carbocycles. The molecular formula is C17H17N3O. The Morgan fingerprint density at radius 2 is 1.71 bits per heavy atom. The minimum absolute atomic E-state index is 0.101. The Hall–Kier alpha value is -2.46. The summed E-state index contributed by atoms with van der Waals surface area (Å²) in [7, 11) is 0. The van der Waals surface area contributed by atoms with Crippen LogP contribution in [0.2, 0.25) is 0 Å². The van der Waals surface area contributed by atoms with Crippen molar-refractivity contribution in [3.8, 4) is 0 Å². The highest BCUT2D eigenvalue weighted by molar-refractivity contribution is 5.90. The van der Waals surface area contributed by atoms with Crippen molar-refractivity contribution in [2.24, 2.45) is 0 Å². The first-order chi connectivity index (χ1) is 10.4. The number of hydrogen-bond donors (Lipinski definition) is 1. The van der Waals surface area contributed by atoms with Gasteiger partial charge in [-0.2, -0.15) is 10.2 Å². The zero-order valence-electron chi connectivity index (χ0n) is 11.7. The van der Waals surface area contributed by atoms with E-state index in [1.807, 2.05) is 42.5 Å². The van der Waals surface area contributed by atoms with E-state index in [4.69, 9.17) is 0 Å². The quantitative estimate of drug-likeness (QED) is 0.780. The Morgan fingerprint density at radius 1 is 0.952 bits per heavy atom. The molecule has 0 radical (unpaired) electrons. The van der Waals surface area contributed by atoms with Crippen LogP contribution in [0.3, 0.4) is 0 Å². The average molecular weight is 279 g/mol. The fourth-order valence-corrected chi connectivity index (χ4v) is 2.45. The molecule has 0 atom stereocenters. The molecule has 0 fully saturated rings. The Morgan fingerprint density at radius 3 is 2.52 bits per heavy atom. The monoisotopic (exact) mass is 279 g/mol. The molecule has 1 heterocycles. The molecule has 0 bridgehead atoms. The van der Waals surface area contributed by atoms with Gasteiger partial charge < -0.3 is 10.0 Å². The van der Waals surface area contributed by atoms with E-state index in [0.717, 1.165) is 23.1 Å². The van der Waals surface area contributed by atoms with E-state index in [0.29, 0.717) is 6.54 Å². The van der Waals surface area contributed by atoms with Crippen LogP contribution in [0.25, 0.3) is 10.9 Å². The molecule has 0 spiro atoms. The van der Waals surface area contributed by atoms with Crippen molar-refractivity contribution in [1.29, 1.82) is 0 Å². The zero-order chi connectivity index (χ0) is 14.5. The van der Waals surface area contributed by atoms with E-state index in [9.17, 15) is 5.11 Å². The first kappa shape index (κ1) is 13.5. The number of fused-ring (bicyclic) bond motifs is 1. The maximum Gasteiger partial charge on any atom is 0.0950 e. The molecule has 4 heteroatoms. The van der Waals surface area contributed by atoms with Gasteiger partial charge in [-0.25, -0.2) is 0 Å². The number of nitrogens with zero attached hydrogens (tertiary/aromatic N) is 3. The second-order valence-corrected chi connectivity index (χ2v) is 4.88. The van der Waals surface area contributed by atoms with Crippen molar-refractivity contribution < 1.29 is 5.11 Å². The maximum absolute atomic E-state index is 9.37. The molecule has 2 aromatic carbocycles. The largest absolute Gasteiger partial charge is 0.395 e. The predicted molar refractivity (Wildman–Crippen MR) is 84.1 cm³/mol. The molecule has 3 rings (SSSR count). The molecule has 0 aliphatic carbocycles. The van der Waals surface area contributed by atoms with Gasteiger partial charge in [0.05, 0.1) is 24.0 Å². The lowest BCUT2D eigenvalue weighted by atomic mass is 10.1. The van der Waals surface area contributed by atoms with E-state index in [-0.39, 0.29) is 6.61 Å². The second kappa shape index (κ2) is 6.33. The highest BCUT2D eigenvalue weighted by atomic mass is 16.3. The van der Waals surface area contributed by atoms with Gasteiger partial charge in [-0.3, -0.25) is 0 Å². The topological polar surface area (TPSA) is 49.2 Å². The van der Waals surface area contributed by atoms with Crippen molar-refractivity contribution >= 4 is 16.6 Å². The van der Waals surface area contributed by atoms with Gasteiger partial charge in [0.2, 0.25) is 0 Å². The minimum Gasteiger partial charge on any atom is -0.395 e. The van der Waals surface area contributed by atoms with Crippen LogP contribution in [0.1, 0.15) is 5.56 Å². The number of aromatic nitrogens is 2. The summed E-state index contributed by atoms with van der Waals surface area (Å²) in [6.07, 6.45) is 1.76. The summed E-state index contributed by atoms with van der Waals surface area (Å²) in [5.74, 6) is 0. The average Bonchev–Trinajstić information content (AvgIpc) is 2.55. The van der Waals surface area contributed by atoms with Gasteiger partial charge in [0.1, 0.15) is 0 Å². The Labute approximate surface area is 123 Å². The third kappa shape index (κ3) is 3.01. The second-order valence-electron chi connectivity index (χ2n) is 4.88. The number of aliphatic hydroxyl groups is 1. The summed E-state index contributed by atoms with van der Waals surface area (Å²) in [6.45, 7) is 1.39. The highest BCUT2D eigenvalue weighted by Crippen LogP contribution is 2.25. The van der Waals surface area contributed by atoms with Crippen LogP contribution in [0.4, 0.5) is 5.69 Å². The van der Waals surface area contributed by atoms with E-state index in [2.05, 4.69) is 27.2 Å². The van der Waals surface area contributed by atoms with Gasteiger partial charge in [0, 0.05) is 18.5 Å². The van der Waals surface area contributed by atoms with Gasteiger partial charge in [-0.05, 0) is 11.6 Å². The SMILES string of the molecule is OCCN(Cc1ccccc1)c1cnnc2ccccc12. The smallest absolute Gasteiger partial charge is 0.0950 e. The molecule has 21 heavy (non-hydrogen) atoms. The Balaban J connectivity index is 1.99. The lowest BCUT2D eigenvalue weighted by Gasteiger charge is -2.24. The third-order valence-electron chi connectivity index (χ3n) is 3.45. The molecule has 0 unspecified atom stereocenters. The van der Waals surface area contributed by atoms with Gasteiger partial charge in [0.25, 0.3) is 0 Å². The molecule has 0 aliphatic heterocycles. The van der Waals surface area contributed by atoms with Crippen molar-refractivity contribution in [3.63, 3.8) is 0 Å². The van der Waals surface area contributed by atoms with Crippen LogP contribution in [-0.4, -0.2) is 28.5 Å². The number of aliphatic hydroxyl groups excluding tert-OH is 1. The van der Waals surface area contributed by atoms with E-state index >= 15 is 0 Å². The molecule has 1 N–H and O–H groups in total. The summed E-state index contributed by atoms with van der Waals surface area (Å²) in [5.41, 5.74) is 3.07. The summed E-state index contributed by atoms with van der Waals surface area (Å²) in [5, 5.41) is 18.7. The van der Waals surface area contributed by atoms with Crippen molar-refractivity contribution in [2.45, 2.75) is 6.54 Å². The van der Waals surface area contributed by atoms with Crippen molar-refractivity contribution in [3.05, 3.63) is 66.4 Å². The highest BCUT2D eigenvalue weighted by Gasteiger charge is 2.11. The van der Waals surface area contributed by atoms with Crippen LogP contribution >= 0.6 is 0 Å². The van der Waals surface area contributed by atoms with Crippen LogP contribution in [0.15, 0.2) is 60.8 Å². The lowest BCUT2D eigenvalue weighted by molar-refractivity contribution is 0.301. The summed E-state index contributed by atoms with van der Waals surface area (Å²) in [6, 6.07) is 18.2. The van der Waals surface area contributed by atoms with Gasteiger partial charge in [-0.1, -0.05) is 48.5 Å². The maximum atomic E-state index is 9.37. The molecule has 3 aromatic rings. The fourth-order valence-electron chi connectivity index (χ4n) is 2.45. The van der Waals surface area contributed by atoms with E-state index < -0.39 is 0 Å². The third-order valence-corrected chi connectivity index (χ3v) is 3.45. The molecule has 0 saturated heterocycles. The normalized spacial score (nSPS) is 10.7. The molecule has 1 aromatic heterocycles. The molecular weight excluding hydrogens is 262 g/mol. The molecule has 0 amide bonds. The standard InChI is InChI=1S/C17H17N3O/c21-11-10-20(13-14-6-2-1-3-7-14)17-12-18-19-16-9-5-4-8-15(16)17/h1-9,12,21H,10-11,13H2. The van der Waals surface area contributed by atoms with Crippen LogP contribution in [0, 0.1) is 0 Å². The number of anilines is 1. The first-order valence-electron chi connectivity index (χ1n) is 6.98. The summed E-state index contributed by atoms with van der Waals surface area (Å²) < 4.78 is 0. The summed E-state index contributed by atoms with van der Waals surface area (Å²) in [4.78, 5) is 2.13. The van der Waals surface area contributed by atoms with Crippen LogP contribution in [-0.2, 0) is 6.54 Å². The van der Waals surface area contributed by atoms with Crippen molar-refractivity contribution in [1.82, 2.24) is 10.2 Å². The molecule has 4 nitrogen and oxygen atoms in total. The number of rotatable bonds is 5. The van der Waals surface area contributed by atoms with Gasteiger partial charge >= 0.3 is 0 Å². The van der Waals surface area contributed by atoms with Crippen LogP contribution < -0.4 is 4.90 Å². The fraction of sp³-hybridized carbons (Fsp3) is 0.176. The van der Waals surface area contributed by atoms with Gasteiger partial charge in [0.15, 0.2) is 0 Å². The summed E-state index contributed by atoms with van der Waals surface area (Å²) >= 11 is 0. The first-order valence-corrected chi connectivity index (χ1v) is 6.98. The Bertz CT molecular complexity index is 710. The van der Waals surface area contributed by atoms with E-state index in [1.54, 1.807) is 6.20 Å². The predicted octanol–water partition coefficient (Wildman–Crippen LogP) is 2.63. The number of hydrogen-bond acceptors (Lipinski definition) is 4. The lowest BCUT2D eigenvalue weighted by Crippen LogP contribution is -2.26. The molecule has 106 valence electrons. The molecule has 0 aliphatic rings. The van der Waals surface area contributed by atoms with Crippen LogP contribution in [0.5, 0.6) is 0 Å². The number of benzene rings is 2. The van der Waals surface area contributed by atoms with E-state index in [1.165, 1.54) is 5.56 Å².